The number of anilines is 1. The Bertz CT molecular complexity index is 1140. The van der Waals surface area contributed by atoms with Gasteiger partial charge in [-0.1, -0.05) is 0 Å². The second-order valence-corrected chi connectivity index (χ2v) is 8.36. The van der Waals surface area contributed by atoms with Crippen LogP contribution in [0.5, 0.6) is 0 Å². The fourth-order valence-corrected chi connectivity index (χ4v) is 3.42. The van der Waals surface area contributed by atoms with Crippen LogP contribution in [-0.4, -0.2) is 43.8 Å². The van der Waals surface area contributed by atoms with Gasteiger partial charge in [0.1, 0.15) is 17.0 Å². The Balaban J connectivity index is 1.52. The van der Waals surface area contributed by atoms with Crippen molar-refractivity contribution in [2.45, 2.75) is 39.2 Å². The number of likely N-dealkylation sites (tertiary alicyclic amines) is 1. The average molecular weight is 398 g/mol. The Morgan fingerprint density at radius 3 is 2.52 bits per heavy atom. The molecular weight excluding hydrogens is 375 g/mol. The molecule has 1 saturated heterocycles. The molecule has 1 fully saturated rings. The van der Waals surface area contributed by atoms with E-state index in [2.05, 4.69) is 20.4 Å². The third-order valence-electron chi connectivity index (χ3n) is 5.02. The molecule has 1 aliphatic heterocycles. The summed E-state index contributed by atoms with van der Waals surface area (Å²) >= 11 is 0. The summed E-state index contributed by atoms with van der Waals surface area (Å²) in [4.78, 5) is 34.1. The lowest BCUT2D eigenvalue weighted by molar-refractivity contribution is 0.161. The second kappa shape index (κ2) is 6.68. The highest BCUT2D eigenvalue weighted by molar-refractivity contribution is 5.90. The first kappa shape index (κ1) is 19.1. The normalized spacial score (nSPS) is 14.9. The van der Waals surface area contributed by atoms with Crippen molar-refractivity contribution in [2.75, 3.05) is 18.4 Å². The van der Waals surface area contributed by atoms with Crippen LogP contribution in [0, 0.1) is 12.7 Å². The van der Waals surface area contributed by atoms with Crippen LogP contribution in [0.2, 0.25) is 0 Å². The van der Waals surface area contributed by atoms with E-state index < -0.39 is 0 Å². The molecule has 2 N–H and O–H groups in total. The summed E-state index contributed by atoms with van der Waals surface area (Å²) < 4.78 is 14.8. The van der Waals surface area contributed by atoms with E-state index >= 15 is 0 Å². The number of aryl methyl sites for hydroxylation is 1. The van der Waals surface area contributed by atoms with E-state index in [-0.39, 0.29) is 28.9 Å². The molecule has 0 bridgehead atoms. The zero-order chi connectivity index (χ0) is 20.9. The minimum Gasteiger partial charge on any atom is -0.323 e. The van der Waals surface area contributed by atoms with E-state index in [1.807, 2.05) is 20.8 Å². The van der Waals surface area contributed by atoms with E-state index in [9.17, 15) is 14.0 Å². The van der Waals surface area contributed by atoms with Gasteiger partial charge in [0, 0.05) is 18.8 Å². The van der Waals surface area contributed by atoms with Crippen molar-refractivity contribution in [3.8, 4) is 0 Å². The summed E-state index contributed by atoms with van der Waals surface area (Å²) in [6, 6.07) is 5.32. The number of fused-ring (bicyclic) bond motifs is 1. The smallest absolute Gasteiger partial charge is 0.321 e. The highest BCUT2D eigenvalue weighted by atomic mass is 19.1. The van der Waals surface area contributed by atoms with Gasteiger partial charge in [0.05, 0.1) is 17.2 Å². The highest BCUT2D eigenvalue weighted by Gasteiger charge is 2.34. The van der Waals surface area contributed by atoms with Gasteiger partial charge in [0.2, 0.25) is 0 Å². The number of nitrogens with zero attached hydrogens (tertiary/aromatic N) is 4. The lowest BCUT2D eigenvalue weighted by atomic mass is 9.99. The summed E-state index contributed by atoms with van der Waals surface area (Å²) in [7, 11) is 0. The summed E-state index contributed by atoms with van der Waals surface area (Å²) in [5, 5.41) is 7.72. The number of carbonyl (C=O) groups excluding carboxylic acids is 1. The Hall–Kier alpha value is -3.23. The molecular formula is C20H23FN6O2. The molecule has 0 unspecified atom stereocenters. The van der Waals surface area contributed by atoms with Gasteiger partial charge in [-0.3, -0.25) is 4.79 Å². The molecule has 3 heterocycles. The van der Waals surface area contributed by atoms with Crippen LogP contribution < -0.4 is 10.9 Å². The number of carbonyl (C=O) groups is 1. The number of rotatable bonds is 2. The minimum absolute atomic E-state index is 0.0605. The molecule has 3 aromatic rings. The van der Waals surface area contributed by atoms with E-state index in [1.54, 1.807) is 16.5 Å². The summed E-state index contributed by atoms with van der Waals surface area (Å²) in [6.07, 6.45) is 0. The molecule has 9 heteroatoms. The first-order valence-electron chi connectivity index (χ1n) is 9.45. The van der Waals surface area contributed by atoms with Crippen molar-refractivity contribution < 1.29 is 9.18 Å². The Labute approximate surface area is 166 Å². The molecule has 0 saturated carbocycles. The Kier molecular flexibility index (Phi) is 4.40. The molecule has 0 radical (unpaired) electrons. The van der Waals surface area contributed by atoms with Crippen molar-refractivity contribution in [2.24, 2.45) is 0 Å². The molecule has 1 aromatic carbocycles. The minimum atomic E-state index is -0.359. The van der Waals surface area contributed by atoms with Crippen molar-refractivity contribution in [3.63, 3.8) is 0 Å². The van der Waals surface area contributed by atoms with E-state index in [4.69, 9.17) is 0 Å². The van der Waals surface area contributed by atoms with E-state index in [0.717, 1.165) is 0 Å². The zero-order valence-electron chi connectivity index (χ0n) is 16.8. The zero-order valence-corrected chi connectivity index (χ0v) is 16.8. The fourth-order valence-electron chi connectivity index (χ4n) is 3.42. The second-order valence-electron chi connectivity index (χ2n) is 8.36. The average Bonchev–Trinajstić information content (AvgIpc) is 2.93. The standard InChI is InChI=1S/C20H23FN6O2/c1-11-15-17(27(25-11)20(2,3)4)23-16(24-18(15)28)12-9-26(10-12)19(29)22-14-7-5-13(21)6-8-14/h5-8,12H,9-10H2,1-4H3,(H,22,29)(H,23,24,28). The van der Waals surface area contributed by atoms with Gasteiger partial charge in [-0.2, -0.15) is 5.10 Å². The van der Waals surface area contributed by atoms with E-state index in [0.29, 0.717) is 41.3 Å². The maximum absolute atomic E-state index is 13.0. The third kappa shape index (κ3) is 3.48. The Morgan fingerprint density at radius 1 is 1.24 bits per heavy atom. The molecule has 4 rings (SSSR count). The summed E-state index contributed by atoms with van der Waals surface area (Å²) in [5.74, 6) is 0.135. The van der Waals surface area contributed by atoms with Crippen LogP contribution in [0.15, 0.2) is 29.1 Å². The maximum atomic E-state index is 13.0. The monoisotopic (exact) mass is 398 g/mol. The van der Waals surface area contributed by atoms with Gasteiger partial charge < -0.3 is 15.2 Å². The number of amides is 2. The number of nitrogens with one attached hydrogen (secondary N) is 2. The number of hydrogen-bond acceptors (Lipinski definition) is 4. The number of hydrogen-bond donors (Lipinski definition) is 2. The molecule has 0 aliphatic carbocycles. The van der Waals surface area contributed by atoms with Gasteiger partial charge in [-0.25, -0.2) is 18.9 Å². The van der Waals surface area contributed by atoms with Crippen LogP contribution >= 0.6 is 0 Å². The first-order chi connectivity index (χ1) is 13.6. The number of urea groups is 1. The van der Waals surface area contributed by atoms with Gasteiger partial charge in [0.15, 0.2) is 5.65 Å². The van der Waals surface area contributed by atoms with Crippen molar-refractivity contribution in [3.05, 3.63) is 52.0 Å². The van der Waals surface area contributed by atoms with Gasteiger partial charge in [-0.15, -0.1) is 0 Å². The molecule has 29 heavy (non-hydrogen) atoms. The van der Waals surface area contributed by atoms with Crippen LogP contribution in [0.25, 0.3) is 11.0 Å². The molecule has 0 spiro atoms. The Morgan fingerprint density at radius 2 is 1.90 bits per heavy atom. The van der Waals surface area contributed by atoms with Crippen LogP contribution in [0.3, 0.4) is 0 Å². The van der Waals surface area contributed by atoms with Crippen molar-refractivity contribution in [1.29, 1.82) is 0 Å². The number of aromatic nitrogens is 4. The number of benzene rings is 1. The maximum Gasteiger partial charge on any atom is 0.321 e. The van der Waals surface area contributed by atoms with Crippen LogP contribution in [-0.2, 0) is 5.54 Å². The number of H-pyrrole nitrogens is 1. The molecule has 8 nitrogen and oxygen atoms in total. The highest BCUT2D eigenvalue weighted by Crippen LogP contribution is 2.27. The lowest BCUT2D eigenvalue weighted by Gasteiger charge is -2.38. The SMILES string of the molecule is Cc1nn(C(C)(C)C)c2nc(C3CN(C(=O)Nc4ccc(F)cc4)C3)[nH]c(=O)c12. The molecule has 2 aromatic heterocycles. The van der Waals surface area contributed by atoms with Gasteiger partial charge in [-0.05, 0) is 52.0 Å². The van der Waals surface area contributed by atoms with Gasteiger partial charge in [0.25, 0.3) is 5.56 Å². The fraction of sp³-hybridized carbons (Fsp3) is 0.400. The molecule has 1 aliphatic rings. The quantitative estimate of drug-likeness (QED) is 0.694. The van der Waals surface area contributed by atoms with Crippen LogP contribution in [0.1, 0.15) is 38.2 Å². The van der Waals surface area contributed by atoms with Crippen molar-refractivity contribution in [1.82, 2.24) is 24.6 Å². The number of aromatic amines is 1. The number of halogens is 1. The predicted octanol–water partition coefficient (Wildman–Crippen LogP) is 2.95. The van der Waals surface area contributed by atoms with Crippen molar-refractivity contribution >= 4 is 22.8 Å². The lowest BCUT2D eigenvalue weighted by Crippen LogP contribution is -2.51. The largest absolute Gasteiger partial charge is 0.323 e. The predicted molar refractivity (Wildman–Crippen MR) is 108 cm³/mol. The van der Waals surface area contributed by atoms with Gasteiger partial charge >= 0.3 is 6.03 Å². The third-order valence-corrected chi connectivity index (χ3v) is 5.02. The molecule has 2 amide bonds. The van der Waals surface area contributed by atoms with E-state index in [1.165, 1.54) is 24.3 Å². The molecule has 0 atom stereocenters. The first-order valence-corrected chi connectivity index (χ1v) is 9.45. The topological polar surface area (TPSA) is 95.9 Å². The van der Waals surface area contributed by atoms with Crippen LogP contribution in [0.4, 0.5) is 14.9 Å². The molecule has 152 valence electrons. The summed E-state index contributed by atoms with van der Waals surface area (Å²) in [6.45, 7) is 8.69. The summed E-state index contributed by atoms with van der Waals surface area (Å²) in [5.41, 5.74) is 1.20.